The van der Waals surface area contributed by atoms with Crippen molar-refractivity contribution in [3.63, 3.8) is 0 Å². The van der Waals surface area contributed by atoms with Gasteiger partial charge in [0.1, 0.15) is 0 Å². The van der Waals surface area contributed by atoms with Crippen molar-refractivity contribution in [2.45, 2.75) is 0 Å². The summed E-state index contributed by atoms with van der Waals surface area (Å²) in [7, 11) is 0. The lowest BCUT2D eigenvalue weighted by molar-refractivity contribution is 1.10. The van der Waals surface area contributed by atoms with Crippen LogP contribution in [0.3, 0.4) is 0 Å². The highest BCUT2D eigenvalue weighted by molar-refractivity contribution is 6.18. The van der Waals surface area contributed by atoms with Crippen LogP contribution in [0, 0.1) is 0 Å². The van der Waals surface area contributed by atoms with Crippen LogP contribution in [0.15, 0.2) is 267 Å². The first kappa shape index (κ1) is 39.4. The Morgan fingerprint density at radius 2 is 0.500 bits per heavy atom. The molecule has 2 heterocycles. The minimum atomic E-state index is 1.13. The van der Waals surface area contributed by atoms with E-state index in [1.54, 1.807) is 0 Å². The highest BCUT2D eigenvalue weighted by Crippen LogP contribution is 2.48. The van der Waals surface area contributed by atoms with Crippen LogP contribution in [-0.4, -0.2) is 9.13 Å². The summed E-state index contributed by atoms with van der Waals surface area (Å²) in [6, 6.07) is 97.9. The fraction of sp³-hybridized carbons (Fsp3) is 0. The largest absolute Gasteiger partial charge is 0.308 e. The zero-order valence-corrected chi connectivity index (χ0v) is 37.3. The molecule has 0 amide bonds. The lowest BCUT2D eigenvalue weighted by Gasteiger charge is -2.25. The highest BCUT2D eigenvalue weighted by Gasteiger charge is 2.26. The highest BCUT2D eigenvalue weighted by atomic mass is 15.0. The Balaban J connectivity index is 1.25. The summed E-state index contributed by atoms with van der Waals surface area (Å²) in [6.07, 6.45) is 0. The number of fused-ring (bicyclic) bond motifs is 4. The van der Waals surface area contributed by atoms with E-state index >= 15 is 0 Å². The van der Waals surface area contributed by atoms with Crippen molar-refractivity contribution in [2.75, 3.05) is 0 Å². The van der Waals surface area contributed by atoms with E-state index in [0.29, 0.717) is 0 Å². The average molecular weight is 865 g/mol. The van der Waals surface area contributed by atoms with Crippen molar-refractivity contribution >= 4 is 43.1 Å². The Hall–Kier alpha value is -8.98. The standard InChI is InChI=1S/C66H44N2/c1-5-21-47(22-6-1)61-39-40-62(48-23-7-2-8-24-48)67(61)65-57-37-35-52(56-34-18-30-46-20-14-16-32-54(46)56)44-60(57)66(58-38-36-51(43-59(58)65)55-33-17-29-45-19-13-15-31-53(45)55)68-63(49-25-9-3-10-26-49)41-42-64(68)50-27-11-4-12-28-50/h1-44H. The Morgan fingerprint density at radius 3 is 0.853 bits per heavy atom. The molecule has 318 valence electrons. The smallest absolute Gasteiger partial charge is 0.0620 e. The fourth-order valence-electron chi connectivity index (χ4n) is 10.6. The van der Waals surface area contributed by atoms with E-state index in [1.807, 2.05) is 0 Å². The quantitative estimate of drug-likeness (QED) is 0.135. The van der Waals surface area contributed by atoms with Gasteiger partial charge in [-0.25, -0.2) is 0 Å². The second-order valence-corrected chi connectivity index (χ2v) is 17.6. The van der Waals surface area contributed by atoms with Gasteiger partial charge in [0.25, 0.3) is 0 Å². The molecule has 0 saturated carbocycles. The molecule has 0 aliphatic rings. The minimum Gasteiger partial charge on any atom is -0.308 e. The van der Waals surface area contributed by atoms with Gasteiger partial charge in [-0.05, 0) is 102 Å². The van der Waals surface area contributed by atoms with Gasteiger partial charge in [-0.2, -0.15) is 0 Å². The molecular weight excluding hydrogens is 821 g/mol. The van der Waals surface area contributed by atoms with E-state index in [-0.39, 0.29) is 0 Å². The number of aromatic nitrogens is 2. The zero-order valence-electron chi connectivity index (χ0n) is 37.3. The second-order valence-electron chi connectivity index (χ2n) is 17.6. The fourth-order valence-corrected chi connectivity index (χ4v) is 10.6. The predicted molar refractivity (Wildman–Crippen MR) is 288 cm³/mol. The van der Waals surface area contributed by atoms with Crippen molar-refractivity contribution in [3.05, 3.63) is 267 Å². The molecule has 13 rings (SSSR count). The topological polar surface area (TPSA) is 9.86 Å². The third-order valence-electron chi connectivity index (χ3n) is 13.7. The van der Waals surface area contributed by atoms with Gasteiger partial charge in [0.05, 0.1) is 34.2 Å². The van der Waals surface area contributed by atoms with Crippen LogP contribution in [-0.2, 0) is 0 Å². The molecule has 2 aromatic heterocycles. The van der Waals surface area contributed by atoms with Crippen molar-refractivity contribution in [2.24, 2.45) is 0 Å². The molecule has 13 aromatic rings. The van der Waals surface area contributed by atoms with E-state index < -0.39 is 0 Å². The van der Waals surface area contributed by atoms with Crippen molar-refractivity contribution in [3.8, 4) is 78.7 Å². The maximum atomic E-state index is 2.54. The first-order valence-electron chi connectivity index (χ1n) is 23.4. The van der Waals surface area contributed by atoms with E-state index in [1.165, 1.54) is 43.8 Å². The summed E-state index contributed by atoms with van der Waals surface area (Å²) in [5.74, 6) is 0. The monoisotopic (exact) mass is 864 g/mol. The molecule has 2 heteroatoms. The van der Waals surface area contributed by atoms with Crippen molar-refractivity contribution in [1.82, 2.24) is 9.13 Å². The molecule has 0 fully saturated rings. The van der Waals surface area contributed by atoms with E-state index in [4.69, 9.17) is 0 Å². The van der Waals surface area contributed by atoms with Gasteiger partial charge in [-0.1, -0.05) is 231 Å². The average Bonchev–Trinajstić information content (AvgIpc) is 4.06. The van der Waals surface area contributed by atoms with Crippen LogP contribution in [0.2, 0.25) is 0 Å². The Kier molecular flexibility index (Phi) is 9.54. The lowest BCUT2D eigenvalue weighted by Crippen LogP contribution is -2.07. The van der Waals surface area contributed by atoms with Gasteiger partial charge in [0.2, 0.25) is 0 Å². The summed E-state index contributed by atoms with van der Waals surface area (Å²) in [5, 5.41) is 9.54. The Morgan fingerprint density at radius 1 is 0.191 bits per heavy atom. The molecule has 0 bridgehead atoms. The Bertz CT molecular complexity index is 3600. The van der Waals surface area contributed by atoms with E-state index in [0.717, 1.165) is 77.9 Å². The Labute approximate surface area is 395 Å². The molecule has 0 unspecified atom stereocenters. The molecule has 0 atom stereocenters. The summed E-state index contributed by atoms with van der Waals surface area (Å²) in [4.78, 5) is 0. The van der Waals surface area contributed by atoms with Gasteiger partial charge in [-0.3, -0.25) is 0 Å². The SMILES string of the molecule is c1ccc(-c2ccc(-c3ccccc3)n2-c2c3ccc(-c4cccc5ccccc45)cc3c(-n3c(-c4ccccc4)ccc3-c3ccccc3)c3ccc(-c4cccc5ccccc45)cc23)cc1. The molecule has 0 saturated heterocycles. The van der Waals surface area contributed by atoms with Crippen molar-refractivity contribution in [1.29, 1.82) is 0 Å². The number of benzene rings is 11. The van der Waals surface area contributed by atoms with Crippen LogP contribution in [0.1, 0.15) is 0 Å². The number of hydrogen-bond donors (Lipinski definition) is 0. The lowest BCUT2D eigenvalue weighted by atomic mass is 9.90. The van der Waals surface area contributed by atoms with Crippen LogP contribution in [0.25, 0.3) is 122 Å². The molecule has 2 nitrogen and oxygen atoms in total. The van der Waals surface area contributed by atoms with Crippen LogP contribution < -0.4 is 0 Å². The summed E-state index contributed by atoms with van der Waals surface area (Å²) >= 11 is 0. The normalized spacial score (nSPS) is 11.5. The van der Waals surface area contributed by atoms with Crippen LogP contribution in [0.5, 0.6) is 0 Å². The van der Waals surface area contributed by atoms with Gasteiger partial charge >= 0.3 is 0 Å². The first-order chi connectivity index (χ1) is 33.8. The van der Waals surface area contributed by atoms with Crippen LogP contribution >= 0.6 is 0 Å². The number of nitrogens with zero attached hydrogens (tertiary/aromatic N) is 2. The summed E-state index contributed by atoms with van der Waals surface area (Å²) in [5.41, 5.74) is 16.2. The first-order valence-corrected chi connectivity index (χ1v) is 23.4. The molecule has 0 N–H and O–H groups in total. The molecule has 11 aromatic carbocycles. The molecule has 0 aliphatic carbocycles. The molecule has 68 heavy (non-hydrogen) atoms. The molecule has 0 spiro atoms. The van der Waals surface area contributed by atoms with Crippen LogP contribution in [0.4, 0.5) is 0 Å². The second kappa shape index (κ2) is 16.5. The number of rotatable bonds is 8. The van der Waals surface area contributed by atoms with E-state index in [9.17, 15) is 0 Å². The van der Waals surface area contributed by atoms with Gasteiger partial charge in [-0.15, -0.1) is 0 Å². The molecule has 0 aliphatic heterocycles. The van der Waals surface area contributed by atoms with Gasteiger partial charge < -0.3 is 9.13 Å². The summed E-state index contributed by atoms with van der Waals surface area (Å²) < 4.78 is 5.07. The third kappa shape index (κ3) is 6.57. The maximum Gasteiger partial charge on any atom is 0.0620 e. The van der Waals surface area contributed by atoms with Gasteiger partial charge in [0, 0.05) is 21.5 Å². The zero-order chi connectivity index (χ0) is 45.0. The van der Waals surface area contributed by atoms with Crippen molar-refractivity contribution < 1.29 is 0 Å². The summed E-state index contributed by atoms with van der Waals surface area (Å²) in [6.45, 7) is 0. The minimum absolute atomic E-state index is 1.13. The number of hydrogen-bond acceptors (Lipinski definition) is 0. The predicted octanol–water partition coefficient (Wildman–Crippen LogP) is 17.9. The van der Waals surface area contributed by atoms with E-state index in [2.05, 4.69) is 276 Å². The molecular formula is C66H44N2. The third-order valence-corrected chi connectivity index (χ3v) is 13.7. The van der Waals surface area contributed by atoms with Gasteiger partial charge in [0.15, 0.2) is 0 Å². The molecule has 0 radical (unpaired) electrons. The maximum absolute atomic E-state index is 2.54.